The molecule has 0 atom stereocenters. The van der Waals surface area contributed by atoms with Crippen LogP contribution >= 0.6 is 0 Å². The van der Waals surface area contributed by atoms with E-state index in [0.29, 0.717) is 0 Å². The second-order valence-corrected chi connectivity index (χ2v) is 7.29. The first-order valence-corrected chi connectivity index (χ1v) is 10.9. The summed E-state index contributed by atoms with van der Waals surface area (Å²) in [5.41, 5.74) is -0.269. The van der Waals surface area contributed by atoms with Crippen molar-refractivity contribution in [3.05, 3.63) is 119 Å². The third kappa shape index (κ3) is 12.1. The predicted octanol–water partition coefficient (Wildman–Crippen LogP) is 3.98. The highest BCUT2D eigenvalue weighted by molar-refractivity contribution is 5.92. The summed E-state index contributed by atoms with van der Waals surface area (Å²) in [6.45, 7) is 0. The molecule has 0 heterocycles. The molecule has 13 heteroatoms. The first-order chi connectivity index (χ1) is 18.9. The standard InChI is InChI=1S/4C7H6O3.Si/c4*8-6-4-2-1-3-5(6)7(9)10;/h4*1-4,8H,(H,9,10);. The Kier molecular flexibility index (Phi) is 15.1. The molecule has 4 aromatic rings. The van der Waals surface area contributed by atoms with Gasteiger partial charge in [-0.15, -0.1) is 0 Å². The van der Waals surface area contributed by atoms with E-state index in [9.17, 15) is 19.2 Å². The minimum Gasteiger partial charge on any atom is -0.507 e. The van der Waals surface area contributed by atoms with E-state index in [0.717, 1.165) is 0 Å². The number of aromatic carboxylic acids is 4. The zero-order valence-electron chi connectivity index (χ0n) is 20.9. The average molecular weight is 581 g/mol. The molecule has 0 bridgehead atoms. The minimum atomic E-state index is -1.11. The number of carbonyl (C=O) groups is 4. The summed E-state index contributed by atoms with van der Waals surface area (Å²) in [7, 11) is 0. The van der Waals surface area contributed by atoms with E-state index in [1.165, 1.54) is 48.5 Å². The smallest absolute Gasteiger partial charge is 0.339 e. The summed E-state index contributed by atoms with van der Waals surface area (Å²) in [4.78, 5) is 41.0. The Hall–Kier alpha value is -5.82. The lowest BCUT2D eigenvalue weighted by atomic mass is 10.2. The maximum Gasteiger partial charge on any atom is 0.339 e. The maximum absolute atomic E-state index is 10.3. The summed E-state index contributed by atoms with van der Waals surface area (Å²) in [6, 6.07) is 23.2. The van der Waals surface area contributed by atoms with Crippen molar-refractivity contribution in [1.29, 1.82) is 0 Å². The molecule has 212 valence electrons. The van der Waals surface area contributed by atoms with Crippen molar-refractivity contribution >= 4 is 34.8 Å². The number of benzene rings is 4. The molecule has 12 nitrogen and oxygen atoms in total. The second-order valence-electron chi connectivity index (χ2n) is 7.29. The van der Waals surface area contributed by atoms with Crippen LogP contribution in [-0.4, -0.2) is 75.7 Å². The molecular formula is C28H24O12Si. The molecule has 0 aromatic heterocycles. The Morgan fingerprint density at radius 1 is 0.341 bits per heavy atom. The van der Waals surface area contributed by atoms with Gasteiger partial charge in [0.2, 0.25) is 0 Å². The van der Waals surface area contributed by atoms with Crippen LogP contribution in [0.5, 0.6) is 23.0 Å². The van der Waals surface area contributed by atoms with Crippen molar-refractivity contribution < 1.29 is 60.0 Å². The van der Waals surface area contributed by atoms with Crippen LogP contribution in [0.15, 0.2) is 97.1 Å². The van der Waals surface area contributed by atoms with Crippen molar-refractivity contribution in [2.45, 2.75) is 0 Å². The zero-order valence-corrected chi connectivity index (χ0v) is 21.9. The van der Waals surface area contributed by atoms with Gasteiger partial charge in [0.1, 0.15) is 45.3 Å². The molecule has 0 aliphatic carbocycles. The van der Waals surface area contributed by atoms with Gasteiger partial charge in [0.25, 0.3) is 0 Å². The van der Waals surface area contributed by atoms with Gasteiger partial charge in [-0.3, -0.25) is 0 Å². The van der Waals surface area contributed by atoms with E-state index < -0.39 is 23.9 Å². The topological polar surface area (TPSA) is 230 Å². The summed E-state index contributed by atoms with van der Waals surface area (Å²) in [5.74, 6) is -5.25. The number of carboxylic acids is 4. The van der Waals surface area contributed by atoms with E-state index in [-0.39, 0.29) is 56.2 Å². The maximum atomic E-state index is 10.3. The van der Waals surface area contributed by atoms with Gasteiger partial charge in [0, 0.05) is 11.0 Å². The molecule has 0 saturated heterocycles. The van der Waals surface area contributed by atoms with Gasteiger partial charge in [0.05, 0.1) is 0 Å². The summed E-state index contributed by atoms with van der Waals surface area (Å²) in [6.07, 6.45) is 0. The highest BCUT2D eigenvalue weighted by atomic mass is 28.1. The van der Waals surface area contributed by atoms with Crippen LogP contribution < -0.4 is 0 Å². The largest absolute Gasteiger partial charge is 0.507 e. The molecule has 8 N–H and O–H groups in total. The Morgan fingerprint density at radius 2 is 0.488 bits per heavy atom. The van der Waals surface area contributed by atoms with E-state index in [2.05, 4.69) is 0 Å². The summed E-state index contributed by atoms with van der Waals surface area (Å²) >= 11 is 0. The monoisotopic (exact) mass is 580 g/mol. The molecule has 0 unspecified atom stereocenters. The van der Waals surface area contributed by atoms with Crippen molar-refractivity contribution in [2.24, 2.45) is 0 Å². The van der Waals surface area contributed by atoms with Crippen molar-refractivity contribution in [1.82, 2.24) is 0 Å². The lowest BCUT2D eigenvalue weighted by Gasteiger charge is -1.95. The first kappa shape index (κ1) is 35.2. The fourth-order valence-electron chi connectivity index (χ4n) is 2.62. The highest BCUT2D eigenvalue weighted by Gasteiger charge is 2.08. The third-order valence-corrected chi connectivity index (χ3v) is 4.54. The number of rotatable bonds is 4. The lowest BCUT2D eigenvalue weighted by Crippen LogP contribution is -1.95. The molecule has 0 aliphatic heterocycles. The van der Waals surface area contributed by atoms with Crippen LogP contribution in [0.3, 0.4) is 0 Å². The molecule has 41 heavy (non-hydrogen) atoms. The Morgan fingerprint density at radius 3 is 0.585 bits per heavy atom. The SMILES string of the molecule is O=C(O)c1ccccc1O.O=C(O)c1ccccc1O.O=C(O)c1ccccc1O.O=C(O)c1ccccc1O.[Si]. The van der Waals surface area contributed by atoms with Crippen LogP contribution in [0.25, 0.3) is 0 Å². The molecule has 0 aliphatic rings. The quantitative estimate of drug-likeness (QED) is 0.160. The molecule has 4 radical (unpaired) electrons. The fraction of sp³-hybridized carbons (Fsp3) is 0. The van der Waals surface area contributed by atoms with E-state index >= 15 is 0 Å². The predicted molar refractivity (Wildman–Crippen MR) is 146 cm³/mol. The number of para-hydroxylation sites is 4. The number of phenols is 4. The molecule has 0 amide bonds. The molecular weight excluding hydrogens is 556 g/mol. The van der Waals surface area contributed by atoms with Crippen molar-refractivity contribution in [3.8, 4) is 23.0 Å². The molecule has 4 aromatic carbocycles. The van der Waals surface area contributed by atoms with Crippen molar-refractivity contribution in [2.75, 3.05) is 0 Å². The van der Waals surface area contributed by atoms with Gasteiger partial charge in [-0.25, -0.2) is 19.2 Å². The van der Waals surface area contributed by atoms with Crippen LogP contribution in [0.1, 0.15) is 41.4 Å². The van der Waals surface area contributed by atoms with Gasteiger partial charge in [0.15, 0.2) is 0 Å². The second kappa shape index (κ2) is 17.6. The number of aromatic hydroxyl groups is 4. The van der Waals surface area contributed by atoms with Gasteiger partial charge >= 0.3 is 23.9 Å². The Bertz CT molecular complexity index is 1250. The van der Waals surface area contributed by atoms with Gasteiger partial charge < -0.3 is 40.9 Å². The van der Waals surface area contributed by atoms with E-state index in [1.807, 2.05) is 0 Å². The van der Waals surface area contributed by atoms with Gasteiger partial charge in [-0.05, 0) is 48.5 Å². The highest BCUT2D eigenvalue weighted by Crippen LogP contribution is 2.16. The molecule has 0 fully saturated rings. The first-order valence-electron chi connectivity index (χ1n) is 10.9. The molecule has 4 rings (SSSR count). The average Bonchev–Trinajstić information content (AvgIpc) is 2.90. The zero-order chi connectivity index (χ0) is 30.2. The number of hydrogen-bond donors (Lipinski definition) is 8. The van der Waals surface area contributed by atoms with Crippen LogP contribution in [0, 0.1) is 0 Å². The third-order valence-electron chi connectivity index (χ3n) is 4.54. The number of hydrogen-bond acceptors (Lipinski definition) is 8. The van der Waals surface area contributed by atoms with Gasteiger partial charge in [-0.1, -0.05) is 48.5 Å². The van der Waals surface area contributed by atoms with E-state index in [4.69, 9.17) is 40.9 Å². The number of carboxylic acid groups (broad SMARTS) is 4. The summed E-state index contributed by atoms with van der Waals surface area (Å²) < 4.78 is 0. The Labute approximate surface area is 237 Å². The van der Waals surface area contributed by atoms with Crippen LogP contribution in [0.2, 0.25) is 0 Å². The fourth-order valence-corrected chi connectivity index (χ4v) is 2.62. The van der Waals surface area contributed by atoms with Crippen LogP contribution in [-0.2, 0) is 0 Å². The van der Waals surface area contributed by atoms with E-state index in [1.54, 1.807) is 48.5 Å². The van der Waals surface area contributed by atoms with Gasteiger partial charge in [-0.2, -0.15) is 0 Å². The van der Waals surface area contributed by atoms with Crippen LogP contribution in [0.4, 0.5) is 0 Å². The minimum absolute atomic E-state index is 0. The Balaban J connectivity index is 0.000000516. The molecule has 0 spiro atoms. The summed E-state index contributed by atoms with van der Waals surface area (Å²) in [5, 5.41) is 69.2. The normalized spacial score (nSPS) is 8.98. The molecule has 0 saturated carbocycles. The van der Waals surface area contributed by atoms with Crippen molar-refractivity contribution in [3.63, 3.8) is 0 Å². The lowest BCUT2D eigenvalue weighted by molar-refractivity contribution is 0.0682.